The normalized spacial score (nSPS) is 12.7. The second kappa shape index (κ2) is 5.87. The number of aliphatic hydroxyl groups excluding tert-OH is 1. The third kappa shape index (κ3) is 3.14. The molecule has 1 aromatic carbocycles. The lowest BCUT2D eigenvalue weighted by Gasteiger charge is -2.11. The number of hydrogen-bond donors (Lipinski definition) is 1. The van der Waals surface area contributed by atoms with Crippen molar-refractivity contribution in [1.82, 2.24) is 0 Å². The van der Waals surface area contributed by atoms with Crippen molar-refractivity contribution in [1.29, 1.82) is 0 Å². The van der Waals surface area contributed by atoms with Gasteiger partial charge in [0.05, 0.1) is 6.10 Å². The summed E-state index contributed by atoms with van der Waals surface area (Å²) in [7, 11) is 0. The maximum atomic E-state index is 10.2. The van der Waals surface area contributed by atoms with Crippen molar-refractivity contribution in [3.63, 3.8) is 0 Å². The first-order valence-corrected chi connectivity index (χ1v) is 7.31. The fourth-order valence-corrected chi connectivity index (χ4v) is 3.02. The first kappa shape index (κ1) is 13.6. The Morgan fingerprint density at radius 2 is 1.94 bits per heavy atom. The van der Waals surface area contributed by atoms with Gasteiger partial charge in [-0.3, -0.25) is 0 Å². The first-order chi connectivity index (χ1) is 8.60. The lowest BCUT2D eigenvalue weighted by Crippen LogP contribution is -2.00. The van der Waals surface area contributed by atoms with E-state index in [1.54, 1.807) is 11.3 Å². The molecule has 1 unspecified atom stereocenters. The SMILES string of the molecule is CCc1ccc(CC(O)c2ccc(Cl)c(C)c2)s1. The Morgan fingerprint density at radius 3 is 2.56 bits per heavy atom. The summed E-state index contributed by atoms with van der Waals surface area (Å²) < 4.78 is 0. The monoisotopic (exact) mass is 280 g/mol. The fraction of sp³-hybridized carbons (Fsp3) is 0.333. The summed E-state index contributed by atoms with van der Waals surface area (Å²) >= 11 is 7.77. The molecular formula is C15H17ClOS. The maximum absolute atomic E-state index is 10.2. The molecule has 0 aliphatic carbocycles. The minimum absolute atomic E-state index is 0.454. The first-order valence-electron chi connectivity index (χ1n) is 6.12. The minimum atomic E-state index is -0.454. The second-order valence-corrected chi connectivity index (χ2v) is 6.11. The van der Waals surface area contributed by atoms with Crippen LogP contribution in [0.4, 0.5) is 0 Å². The van der Waals surface area contributed by atoms with E-state index in [4.69, 9.17) is 11.6 Å². The molecule has 0 saturated carbocycles. The lowest BCUT2D eigenvalue weighted by molar-refractivity contribution is 0.179. The topological polar surface area (TPSA) is 20.2 Å². The zero-order valence-electron chi connectivity index (χ0n) is 10.6. The van der Waals surface area contributed by atoms with Crippen LogP contribution in [0.1, 0.15) is 33.9 Å². The van der Waals surface area contributed by atoms with E-state index in [0.717, 1.165) is 22.6 Å². The van der Waals surface area contributed by atoms with Crippen LogP contribution < -0.4 is 0 Å². The third-order valence-corrected chi connectivity index (χ3v) is 4.70. The second-order valence-electron chi connectivity index (χ2n) is 4.45. The van der Waals surface area contributed by atoms with E-state index < -0.39 is 6.10 Å². The Kier molecular flexibility index (Phi) is 4.44. The van der Waals surface area contributed by atoms with Crippen molar-refractivity contribution in [3.05, 3.63) is 56.2 Å². The molecule has 18 heavy (non-hydrogen) atoms. The number of thiophene rings is 1. The summed E-state index contributed by atoms with van der Waals surface area (Å²) in [6.07, 6.45) is 1.27. The highest BCUT2D eigenvalue weighted by atomic mass is 35.5. The van der Waals surface area contributed by atoms with Crippen LogP contribution >= 0.6 is 22.9 Å². The van der Waals surface area contributed by atoms with Crippen molar-refractivity contribution in [3.8, 4) is 0 Å². The van der Waals surface area contributed by atoms with Gasteiger partial charge in [0.15, 0.2) is 0 Å². The molecule has 3 heteroatoms. The highest BCUT2D eigenvalue weighted by Gasteiger charge is 2.11. The average molecular weight is 281 g/mol. The number of benzene rings is 1. The van der Waals surface area contributed by atoms with E-state index in [0.29, 0.717) is 6.42 Å². The summed E-state index contributed by atoms with van der Waals surface area (Å²) in [5.41, 5.74) is 1.94. The molecular weight excluding hydrogens is 264 g/mol. The Hall–Kier alpha value is -0.830. The molecule has 96 valence electrons. The molecule has 0 fully saturated rings. The number of aliphatic hydroxyl groups is 1. The van der Waals surface area contributed by atoms with Crippen LogP contribution in [0.25, 0.3) is 0 Å². The molecule has 1 heterocycles. The van der Waals surface area contributed by atoms with Gasteiger partial charge in [-0.15, -0.1) is 11.3 Å². The molecule has 0 aliphatic heterocycles. The summed E-state index contributed by atoms with van der Waals surface area (Å²) in [5.74, 6) is 0. The number of halogens is 1. The van der Waals surface area contributed by atoms with Gasteiger partial charge in [0.1, 0.15) is 0 Å². The van der Waals surface area contributed by atoms with Gasteiger partial charge in [0, 0.05) is 21.2 Å². The Morgan fingerprint density at radius 1 is 1.22 bits per heavy atom. The number of hydrogen-bond acceptors (Lipinski definition) is 2. The predicted molar refractivity (Wildman–Crippen MR) is 78.5 cm³/mol. The summed E-state index contributed by atoms with van der Waals surface area (Å²) in [5, 5.41) is 11.0. The molecule has 0 amide bonds. The summed E-state index contributed by atoms with van der Waals surface area (Å²) in [6, 6.07) is 9.95. The average Bonchev–Trinajstić information content (AvgIpc) is 2.80. The molecule has 1 nitrogen and oxygen atoms in total. The minimum Gasteiger partial charge on any atom is -0.388 e. The standard InChI is InChI=1S/C15H17ClOS/c1-3-12-5-6-13(18-12)9-15(17)11-4-7-14(16)10(2)8-11/h4-8,15,17H,3,9H2,1-2H3. The van der Waals surface area contributed by atoms with Crippen LogP contribution in [0.2, 0.25) is 5.02 Å². The van der Waals surface area contributed by atoms with Crippen LogP contribution in [0.3, 0.4) is 0 Å². The Labute approximate surface area is 117 Å². The molecule has 1 N–H and O–H groups in total. The third-order valence-electron chi connectivity index (χ3n) is 3.03. The van der Waals surface area contributed by atoms with E-state index in [1.165, 1.54) is 9.75 Å². The van der Waals surface area contributed by atoms with Crippen LogP contribution in [0, 0.1) is 6.92 Å². The van der Waals surface area contributed by atoms with Gasteiger partial charge in [-0.25, -0.2) is 0 Å². The van der Waals surface area contributed by atoms with E-state index in [-0.39, 0.29) is 0 Å². The number of rotatable bonds is 4. The molecule has 2 aromatic rings. The van der Waals surface area contributed by atoms with Crippen molar-refractivity contribution < 1.29 is 5.11 Å². The zero-order valence-corrected chi connectivity index (χ0v) is 12.2. The fourth-order valence-electron chi connectivity index (χ4n) is 1.91. The lowest BCUT2D eigenvalue weighted by atomic mass is 10.0. The molecule has 1 atom stereocenters. The van der Waals surface area contributed by atoms with Crippen molar-refractivity contribution in [2.45, 2.75) is 32.8 Å². The largest absolute Gasteiger partial charge is 0.388 e. The summed E-state index contributed by atoms with van der Waals surface area (Å²) in [4.78, 5) is 2.59. The van der Waals surface area contributed by atoms with E-state index >= 15 is 0 Å². The number of aryl methyl sites for hydroxylation is 2. The van der Waals surface area contributed by atoms with Gasteiger partial charge < -0.3 is 5.11 Å². The van der Waals surface area contributed by atoms with Crippen molar-refractivity contribution in [2.75, 3.05) is 0 Å². The molecule has 0 saturated heterocycles. The van der Waals surface area contributed by atoms with E-state index in [1.807, 2.05) is 25.1 Å². The van der Waals surface area contributed by atoms with Gasteiger partial charge in [0.2, 0.25) is 0 Å². The van der Waals surface area contributed by atoms with Gasteiger partial charge >= 0.3 is 0 Å². The molecule has 0 spiro atoms. The van der Waals surface area contributed by atoms with E-state index in [2.05, 4.69) is 19.1 Å². The van der Waals surface area contributed by atoms with E-state index in [9.17, 15) is 5.11 Å². The van der Waals surface area contributed by atoms with Crippen LogP contribution in [-0.4, -0.2) is 5.11 Å². The smallest absolute Gasteiger partial charge is 0.0838 e. The van der Waals surface area contributed by atoms with Gasteiger partial charge in [0.25, 0.3) is 0 Å². The van der Waals surface area contributed by atoms with Gasteiger partial charge in [-0.2, -0.15) is 0 Å². The summed E-state index contributed by atoms with van der Waals surface area (Å²) in [6.45, 7) is 4.10. The quantitative estimate of drug-likeness (QED) is 0.871. The Balaban J connectivity index is 2.11. The molecule has 0 bridgehead atoms. The molecule has 1 aromatic heterocycles. The van der Waals surface area contributed by atoms with Gasteiger partial charge in [-0.05, 0) is 42.7 Å². The highest BCUT2D eigenvalue weighted by Crippen LogP contribution is 2.26. The van der Waals surface area contributed by atoms with Crippen LogP contribution in [-0.2, 0) is 12.8 Å². The molecule has 0 radical (unpaired) electrons. The van der Waals surface area contributed by atoms with Crippen LogP contribution in [0.15, 0.2) is 30.3 Å². The molecule has 2 rings (SSSR count). The van der Waals surface area contributed by atoms with Crippen molar-refractivity contribution in [2.24, 2.45) is 0 Å². The highest BCUT2D eigenvalue weighted by molar-refractivity contribution is 7.11. The van der Waals surface area contributed by atoms with Gasteiger partial charge in [-0.1, -0.05) is 30.7 Å². The van der Waals surface area contributed by atoms with Crippen molar-refractivity contribution >= 4 is 22.9 Å². The molecule has 0 aliphatic rings. The maximum Gasteiger partial charge on any atom is 0.0838 e. The zero-order chi connectivity index (χ0) is 13.1. The Bertz CT molecular complexity index is 533. The predicted octanol–water partition coefficient (Wildman–Crippen LogP) is 4.55. The van der Waals surface area contributed by atoms with Crippen LogP contribution in [0.5, 0.6) is 0 Å².